The highest BCUT2D eigenvalue weighted by Crippen LogP contribution is 2.07. The molecule has 1 atom stereocenters. The smallest absolute Gasteiger partial charge is 0.242 e. The molecule has 5 heteroatoms. The Hall–Kier alpha value is -1.36. The molecule has 1 aromatic heterocycles. The number of nitrogens with zero attached hydrogens (tertiary/aromatic N) is 1. The van der Waals surface area contributed by atoms with Gasteiger partial charge in [-0.05, 0) is 13.3 Å². The van der Waals surface area contributed by atoms with Crippen molar-refractivity contribution in [3.63, 3.8) is 0 Å². The first-order valence-corrected chi connectivity index (χ1v) is 4.74. The van der Waals surface area contributed by atoms with Gasteiger partial charge in [0.2, 0.25) is 5.91 Å². The quantitative estimate of drug-likeness (QED) is 0.661. The first kappa shape index (κ1) is 10.7. The van der Waals surface area contributed by atoms with E-state index in [0.717, 1.165) is 18.5 Å². The highest BCUT2D eigenvalue weighted by Gasteiger charge is 2.09. The molecule has 0 aliphatic rings. The maximum Gasteiger partial charge on any atom is 0.242 e. The summed E-state index contributed by atoms with van der Waals surface area (Å²) < 4.78 is 0. The molecule has 0 aromatic carbocycles. The number of aromatic amines is 1. The van der Waals surface area contributed by atoms with Gasteiger partial charge in [-0.2, -0.15) is 5.10 Å². The van der Waals surface area contributed by atoms with Crippen molar-refractivity contribution >= 4 is 11.7 Å². The predicted octanol–water partition coefficient (Wildman–Crippen LogP) is 0.648. The molecule has 14 heavy (non-hydrogen) atoms. The van der Waals surface area contributed by atoms with Crippen molar-refractivity contribution in [3.8, 4) is 0 Å². The number of hydrogen-bond donors (Lipinski definition) is 3. The summed E-state index contributed by atoms with van der Waals surface area (Å²) in [7, 11) is 0. The summed E-state index contributed by atoms with van der Waals surface area (Å²) >= 11 is 0. The maximum atomic E-state index is 11.2. The van der Waals surface area contributed by atoms with Gasteiger partial charge in [0.05, 0.1) is 6.04 Å². The van der Waals surface area contributed by atoms with E-state index in [9.17, 15) is 4.79 Å². The number of carbonyl (C=O) groups excluding carboxylic acids is 1. The molecular formula is C9H16N4O. The van der Waals surface area contributed by atoms with Gasteiger partial charge in [-0.3, -0.25) is 9.89 Å². The van der Waals surface area contributed by atoms with Crippen molar-refractivity contribution in [1.29, 1.82) is 0 Å². The van der Waals surface area contributed by atoms with Crippen LogP contribution in [0.4, 0.5) is 5.82 Å². The summed E-state index contributed by atoms with van der Waals surface area (Å²) in [5.74, 6) is 0.315. The Morgan fingerprint density at radius 1 is 1.79 bits per heavy atom. The summed E-state index contributed by atoms with van der Waals surface area (Å²) in [5, 5.41) is 9.40. The third kappa shape index (κ3) is 2.85. The zero-order valence-corrected chi connectivity index (χ0v) is 8.50. The van der Waals surface area contributed by atoms with E-state index in [1.54, 1.807) is 6.92 Å². The topological polar surface area (TPSA) is 83.8 Å². The van der Waals surface area contributed by atoms with Gasteiger partial charge < -0.3 is 11.1 Å². The fraction of sp³-hybridized carbons (Fsp3) is 0.556. The van der Waals surface area contributed by atoms with E-state index in [4.69, 9.17) is 5.73 Å². The van der Waals surface area contributed by atoms with Crippen molar-refractivity contribution in [2.75, 3.05) is 5.32 Å². The Morgan fingerprint density at radius 3 is 3.07 bits per heavy atom. The summed E-state index contributed by atoms with van der Waals surface area (Å²) in [5.41, 5.74) is 6.42. The monoisotopic (exact) mass is 196 g/mol. The minimum Gasteiger partial charge on any atom is -0.320 e. The van der Waals surface area contributed by atoms with Gasteiger partial charge in [0.25, 0.3) is 0 Å². The number of anilines is 1. The number of nitrogens with one attached hydrogen (secondary N) is 2. The molecule has 4 N–H and O–H groups in total. The van der Waals surface area contributed by atoms with Gasteiger partial charge in [0.1, 0.15) is 0 Å². The van der Waals surface area contributed by atoms with Crippen LogP contribution in [0.15, 0.2) is 6.07 Å². The van der Waals surface area contributed by atoms with Crippen molar-refractivity contribution in [2.24, 2.45) is 5.73 Å². The van der Waals surface area contributed by atoms with Crippen LogP contribution in [0.2, 0.25) is 0 Å². The molecule has 0 aliphatic heterocycles. The maximum absolute atomic E-state index is 11.2. The molecule has 1 unspecified atom stereocenters. The van der Waals surface area contributed by atoms with Crippen molar-refractivity contribution in [3.05, 3.63) is 11.8 Å². The molecule has 78 valence electrons. The summed E-state index contributed by atoms with van der Waals surface area (Å²) in [6.07, 6.45) is 1.98. The van der Waals surface area contributed by atoms with E-state index < -0.39 is 6.04 Å². The zero-order chi connectivity index (χ0) is 10.6. The van der Waals surface area contributed by atoms with Crippen LogP contribution < -0.4 is 11.1 Å². The SMILES string of the molecule is CCCc1cc(NC(=O)C(C)N)n[nH]1. The Kier molecular flexibility index (Phi) is 3.64. The van der Waals surface area contributed by atoms with Crippen LogP contribution in [0, 0.1) is 0 Å². The van der Waals surface area contributed by atoms with Crippen molar-refractivity contribution in [1.82, 2.24) is 10.2 Å². The first-order chi connectivity index (χ1) is 6.63. The lowest BCUT2D eigenvalue weighted by Crippen LogP contribution is -2.32. The van der Waals surface area contributed by atoms with E-state index in [1.807, 2.05) is 6.07 Å². The van der Waals surface area contributed by atoms with E-state index in [1.165, 1.54) is 0 Å². The second-order valence-corrected chi connectivity index (χ2v) is 3.31. The molecule has 0 saturated heterocycles. The number of aryl methyl sites for hydroxylation is 1. The van der Waals surface area contributed by atoms with Crippen LogP contribution in [0.3, 0.4) is 0 Å². The number of hydrogen-bond acceptors (Lipinski definition) is 3. The molecule has 5 nitrogen and oxygen atoms in total. The second-order valence-electron chi connectivity index (χ2n) is 3.31. The standard InChI is InChI=1S/C9H16N4O/c1-3-4-7-5-8(13-12-7)11-9(14)6(2)10/h5-6H,3-4,10H2,1-2H3,(H2,11,12,13,14). The zero-order valence-electron chi connectivity index (χ0n) is 8.50. The number of amides is 1. The van der Waals surface area contributed by atoms with E-state index >= 15 is 0 Å². The third-order valence-electron chi connectivity index (χ3n) is 1.82. The van der Waals surface area contributed by atoms with Crippen LogP contribution >= 0.6 is 0 Å². The van der Waals surface area contributed by atoms with E-state index in [-0.39, 0.29) is 5.91 Å². The Balaban J connectivity index is 2.55. The van der Waals surface area contributed by atoms with Gasteiger partial charge in [-0.25, -0.2) is 0 Å². The van der Waals surface area contributed by atoms with E-state index in [2.05, 4.69) is 22.4 Å². The Labute approximate surface area is 83.1 Å². The molecule has 1 aromatic rings. The number of aromatic nitrogens is 2. The Morgan fingerprint density at radius 2 is 2.50 bits per heavy atom. The van der Waals surface area contributed by atoms with Gasteiger partial charge in [-0.1, -0.05) is 13.3 Å². The van der Waals surface area contributed by atoms with Crippen LogP contribution in [0.5, 0.6) is 0 Å². The molecule has 1 amide bonds. The lowest BCUT2D eigenvalue weighted by Gasteiger charge is -2.03. The fourth-order valence-electron chi connectivity index (χ4n) is 1.06. The third-order valence-corrected chi connectivity index (χ3v) is 1.82. The highest BCUT2D eigenvalue weighted by atomic mass is 16.2. The van der Waals surface area contributed by atoms with Crippen LogP contribution in [-0.4, -0.2) is 22.1 Å². The average molecular weight is 196 g/mol. The van der Waals surface area contributed by atoms with Gasteiger partial charge in [0.15, 0.2) is 5.82 Å². The van der Waals surface area contributed by atoms with Crippen molar-refractivity contribution in [2.45, 2.75) is 32.7 Å². The first-order valence-electron chi connectivity index (χ1n) is 4.74. The molecule has 0 aliphatic carbocycles. The average Bonchev–Trinajstić information content (AvgIpc) is 2.53. The van der Waals surface area contributed by atoms with Gasteiger partial charge in [-0.15, -0.1) is 0 Å². The minimum absolute atomic E-state index is 0.223. The summed E-state index contributed by atoms with van der Waals surface area (Å²) in [4.78, 5) is 11.2. The second kappa shape index (κ2) is 4.76. The summed E-state index contributed by atoms with van der Waals surface area (Å²) in [6.45, 7) is 3.72. The molecule has 0 fully saturated rings. The molecule has 0 saturated carbocycles. The van der Waals surface area contributed by atoms with Crippen LogP contribution in [0.1, 0.15) is 26.0 Å². The molecule has 1 heterocycles. The minimum atomic E-state index is -0.513. The molecule has 0 spiro atoms. The largest absolute Gasteiger partial charge is 0.320 e. The van der Waals surface area contributed by atoms with Crippen molar-refractivity contribution < 1.29 is 4.79 Å². The van der Waals surface area contributed by atoms with E-state index in [0.29, 0.717) is 5.82 Å². The fourth-order valence-corrected chi connectivity index (χ4v) is 1.06. The lowest BCUT2D eigenvalue weighted by molar-refractivity contribution is -0.117. The normalized spacial score (nSPS) is 12.5. The van der Waals surface area contributed by atoms with Gasteiger partial charge in [0, 0.05) is 11.8 Å². The molecule has 1 rings (SSSR count). The number of rotatable bonds is 4. The van der Waals surface area contributed by atoms with Crippen LogP contribution in [-0.2, 0) is 11.2 Å². The number of carbonyl (C=O) groups is 1. The summed E-state index contributed by atoms with van der Waals surface area (Å²) in [6, 6.07) is 1.31. The number of nitrogens with two attached hydrogens (primary N) is 1. The predicted molar refractivity (Wildman–Crippen MR) is 54.9 cm³/mol. The highest BCUT2D eigenvalue weighted by molar-refractivity contribution is 5.93. The lowest BCUT2D eigenvalue weighted by atomic mass is 10.2. The van der Waals surface area contributed by atoms with Crippen LogP contribution in [0.25, 0.3) is 0 Å². The number of H-pyrrole nitrogens is 1. The van der Waals surface area contributed by atoms with Gasteiger partial charge >= 0.3 is 0 Å². The molecule has 0 radical (unpaired) electrons. The Bertz CT molecular complexity index is 306. The molecular weight excluding hydrogens is 180 g/mol. The molecule has 0 bridgehead atoms.